The van der Waals surface area contributed by atoms with Gasteiger partial charge < -0.3 is 0 Å². The molecule has 5 heteroatoms. The third kappa shape index (κ3) is 3.10. The molecule has 1 aromatic heterocycles. The average molecular weight is 280 g/mol. The lowest BCUT2D eigenvalue weighted by molar-refractivity contribution is 0.526. The van der Waals surface area contributed by atoms with E-state index < -0.39 is 0 Å². The number of aryl methyl sites for hydroxylation is 1. The summed E-state index contributed by atoms with van der Waals surface area (Å²) < 4.78 is 13.8. The highest BCUT2D eigenvalue weighted by Gasteiger charge is 2.17. The lowest BCUT2D eigenvalue weighted by atomic mass is 9.97. The Balaban J connectivity index is 2.32. The quantitative estimate of drug-likeness (QED) is 0.668. The highest BCUT2D eigenvalue weighted by Crippen LogP contribution is 2.26. The maximum atomic E-state index is 13.8. The van der Waals surface area contributed by atoms with E-state index in [4.69, 9.17) is 17.4 Å². The smallest absolute Gasteiger partial charge is 0.127 e. The molecule has 1 atom stereocenters. The van der Waals surface area contributed by atoms with Gasteiger partial charge in [-0.2, -0.15) is 0 Å². The summed E-state index contributed by atoms with van der Waals surface area (Å²) in [6.45, 7) is 1.96. The molecule has 0 saturated carbocycles. The Morgan fingerprint density at radius 3 is 2.84 bits per heavy atom. The minimum absolute atomic E-state index is 0.233. The van der Waals surface area contributed by atoms with E-state index in [1.54, 1.807) is 24.5 Å². The number of pyridine rings is 1. The maximum Gasteiger partial charge on any atom is 0.127 e. The molecule has 0 saturated heterocycles. The van der Waals surface area contributed by atoms with Crippen molar-refractivity contribution >= 4 is 11.6 Å². The first-order valence-corrected chi connectivity index (χ1v) is 6.30. The van der Waals surface area contributed by atoms with E-state index in [-0.39, 0.29) is 11.9 Å². The van der Waals surface area contributed by atoms with Gasteiger partial charge in [-0.25, -0.2) is 4.39 Å². The average Bonchev–Trinajstić information content (AvgIpc) is 2.40. The second-order valence-electron chi connectivity index (χ2n) is 4.36. The first-order valence-electron chi connectivity index (χ1n) is 5.93. The largest absolute Gasteiger partial charge is 0.271 e. The molecule has 1 unspecified atom stereocenters. The van der Waals surface area contributed by atoms with Gasteiger partial charge in [0.1, 0.15) is 5.82 Å². The molecule has 2 rings (SSSR count). The van der Waals surface area contributed by atoms with Gasteiger partial charge in [0.05, 0.1) is 6.04 Å². The minimum atomic E-state index is -0.325. The van der Waals surface area contributed by atoms with Crippen LogP contribution in [0.5, 0.6) is 0 Å². The predicted octanol–water partition coefficient (Wildman–Crippen LogP) is 2.93. The number of hydrogen-bond acceptors (Lipinski definition) is 3. The van der Waals surface area contributed by atoms with Crippen LogP contribution >= 0.6 is 11.6 Å². The number of rotatable bonds is 4. The minimum Gasteiger partial charge on any atom is -0.271 e. The van der Waals surface area contributed by atoms with E-state index in [1.807, 2.05) is 13.0 Å². The van der Waals surface area contributed by atoms with Crippen LogP contribution in [0, 0.1) is 12.7 Å². The molecule has 3 nitrogen and oxygen atoms in total. The zero-order chi connectivity index (χ0) is 13.8. The van der Waals surface area contributed by atoms with Crippen molar-refractivity contribution in [2.45, 2.75) is 19.4 Å². The number of hydrogen-bond donors (Lipinski definition) is 2. The number of nitrogens with zero attached hydrogens (tertiary/aromatic N) is 1. The van der Waals surface area contributed by atoms with Gasteiger partial charge in [-0.1, -0.05) is 17.7 Å². The van der Waals surface area contributed by atoms with Crippen LogP contribution < -0.4 is 11.3 Å². The van der Waals surface area contributed by atoms with Gasteiger partial charge >= 0.3 is 0 Å². The summed E-state index contributed by atoms with van der Waals surface area (Å²) in [5.41, 5.74) is 5.13. The Morgan fingerprint density at radius 1 is 1.42 bits per heavy atom. The molecule has 0 radical (unpaired) electrons. The number of nitrogens with one attached hydrogen (secondary N) is 1. The second-order valence-corrected chi connectivity index (χ2v) is 4.76. The first-order chi connectivity index (χ1) is 9.13. The molecule has 0 fully saturated rings. The van der Waals surface area contributed by atoms with Gasteiger partial charge in [0, 0.05) is 23.0 Å². The van der Waals surface area contributed by atoms with Crippen LogP contribution in [0.15, 0.2) is 36.7 Å². The molecule has 1 heterocycles. The fourth-order valence-corrected chi connectivity index (χ4v) is 2.27. The van der Waals surface area contributed by atoms with E-state index in [0.29, 0.717) is 17.0 Å². The van der Waals surface area contributed by atoms with Crippen molar-refractivity contribution in [3.05, 3.63) is 64.2 Å². The Labute approximate surface area is 116 Å². The summed E-state index contributed by atoms with van der Waals surface area (Å²) in [6.07, 6.45) is 3.81. The van der Waals surface area contributed by atoms with Crippen molar-refractivity contribution in [3.63, 3.8) is 0 Å². The van der Waals surface area contributed by atoms with Gasteiger partial charge in [0.15, 0.2) is 0 Å². The van der Waals surface area contributed by atoms with E-state index in [9.17, 15) is 4.39 Å². The molecular weight excluding hydrogens is 265 g/mol. The van der Waals surface area contributed by atoms with Gasteiger partial charge in [-0.15, -0.1) is 0 Å². The lowest BCUT2D eigenvalue weighted by Crippen LogP contribution is -2.30. The standard InChI is InChI=1S/C14H15ClFN3/c1-9-5-6-18-8-11(9)14(19-17)7-10-12(15)3-2-4-13(10)16/h2-6,8,14,19H,7,17H2,1H3. The van der Waals surface area contributed by atoms with E-state index in [2.05, 4.69) is 10.4 Å². The molecule has 0 bridgehead atoms. The SMILES string of the molecule is Cc1ccncc1C(Cc1c(F)cccc1Cl)NN. The normalized spacial score (nSPS) is 12.4. The lowest BCUT2D eigenvalue weighted by Gasteiger charge is -2.19. The van der Waals surface area contributed by atoms with Crippen molar-refractivity contribution in [3.8, 4) is 0 Å². The summed E-state index contributed by atoms with van der Waals surface area (Å²) in [5, 5.41) is 0.404. The van der Waals surface area contributed by atoms with Crippen molar-refractivity contribution in [1.82, 2.24) is 10.4 Å². The van der Waals surface area contributed by atoms with Crippen LogP contribution in [-0.2, 0) is 6.42 Å². The van der Waals surface area contributed by atoms with Crippen LogP contribution in [0.25, 0.3) is 0 Å². The summed E-state index contributed by atoms with van der Waals surface area (Å²) in [4.78, 5) is 4.08. The molecule has 0 aliphatic heterocycles. The van der Waals surface area contributed by atoms with Crippen LogP contribution in [0.4, 0.5) is 4.39 Å². The fourth-order valence-electron chi connectivity index (χ4n) is 2.03. The van der Waals surface area contributed by atoms with Crippen LogP contribution in [0.1, 0.15) is 22.7 Å². The molecular formula is C14H15ClFN3. The van der Waals surface area contributed by atoms with Gasteiger partial charge in [-0.3, -0.25) is 16.3 Å². The van der Waals surface area contributed by atoms with E-state index in [1.165, 1.54) is 6.07 Å². The van der Waals surface area contributed by atoms with Gasteiger partial charge in [-0.05, 0) is 42.7 Å². The molecule has 100 valence electrons. The Hall–Kier alpha value is -1.49. The summed E-state index contributed by atoms with van der Waals surface area (Å²) in [7, 11) is 0. The molecule has 1 aromatic carbocycles. The predicted molar refractivity (Wildman–Crippen MR) is 74.2 cm³/mol. The summed E-state index contributed by atoms with van der Waals surface area (Å²) in [5.74, 6) is 5.25. The maximum absolute atomic E-state index is 13.8. The molecule has 3 N–H and O–H groups in total. The van der Waals surface area contributed by atoms with Crippen molar-refractivity contribution in [1.29, 1.82) is 0 Å². The highest BCUT2D eigenvalue weighted by molar-refractivity contribution is 6.31. The van der Waals surface area contributed by atoms with E-state index in [0.717, 1.165) is 11.1 Å². The molecule has 0 spiro atoms. The van der Waals surface area contributed by atoms with Gasteiger partial charge in [0.25, 0.3) is 0 Å². The second kappa shape index (κ2) is 6.10. The zero-order valence-corrected chi connectivity index (χ0v) is 11.3. The monoisotopic (exact) mass is 279 g/mol. The van der Waals surface area contributed by atoms with Crippen LogP contribution in [0.2, 0.25) is 5.02 Å². The fraction of sp³-hybridized carbons (Fsp3) is 0.214. The topological polar surface area (TPSA) is 50.9 Å². The first kappa shape index (κ1) is 13.9. The Bertz CT molecular complexity index is 554. The molecule has 19 heavy (non-hydrogen) atoms. The van der Waals surface area contributed by atoms with Crippen molar-refractivity contribution in [2.75, 3.05) is 0 Å². The van der Waals surface area contributed by atoms with Crippen LogP contribution in [0.3, 0.4) is 0 Å². The van der Waals surface area contributed by atoms with Gasteiger partial charge in [0.2, 0.25) is 0 Å². The zero-order valence-electron chi connectivity index (χ0n) is 10.5. The van der Waals surface area contributed by atoms with E-state index >= 15 is 0 Å². The molecule has 0 aliphatic rings. The highest BCUT2D eigenvalue weighted by atomic mass is 35.5. The number of nitrogens with two attached hydrogens (primary N) is 1. The number of benzene rings is 1. The third-order valence-electron chi connectivity index (χ3n) is 3.13. The van der Waals surface area contributed by atoms with Crippen LogP contribution in [-0.4, -0.2) is 4.98 Å². The third-order valence-corrected chi connectivity index (χ3v) is 3.48. The molecule has 0 amide bonds. The Morgan fingerprint density at radius 2 is 2.21 bits per heavy atom. The Kier molecular flexibility index (Phi) is 4.47. The number of aromatic nitrogens is 1. The molecule has 0 aliphatic carbocycles. The number of halogens is 2. The number of hydrazine groups is 1. The summed E-state index contributed by atoms with van der Waals surface area (Å²) >= 11 is 6.03. The van der Waals surface area contributed by atoms with Crippen molar-refractivity contribution < 1.29 is 4.39 Å². The summed E-state index contributed by atoms with van der Waals surface area (Å²) in [6, 6.07) is 6.31. The molecule has 2 aromatic rings. The van der Waals surface area contributed by atoms with Crippen molar-refractivity contribution in [2.24, 2.45) is 5.84 Å².